The Labute approximate surface area is 153 Å². The number of amides is 2. The number of nitrogens with zero attached hydrogens (tertiary/aromatic N) is 1. The van der Waals surface area contributed by atoms with Crippen LogP contribution in [0.5, 0.6) is 0 Å². The number of hydrogen-bond acceptors (Lipinski definition) is 3. The maximum atomic E-state index is 13.3. The van der Waals surface area contributed by atoms with Crippen LogP contribution in [0.15, 0.2) is 36.4 Å². The van der Waals surface area contributed by atoms with Crippen molar-refractivity contribution < 1.29 is 27.9 Å². The second-order valence-corrected chi connectivity index (χ2v) is 6.31. The summed E-state index contributed by atoms with van der Waals surface area (Å²) in [5, 5.41) is 11.8. The number of anilines is 1. The number of rotatable bonds is 3. The molecule has 1 heterocycles. The molecule has 0 radical (unpaired) electrons. The summed E-state index contributed by atoms with van der Waals surface area (Å²) in [5.74, 6) is -5.41. The molecule has 0 atom stereocenters. The molecule has 27 heavy (non-hydrogen) atoms. The first-order valence-corrected chi connectivity index (χ1v) is 8.38. The molecule has 8 heteroatoms. The highest BCUT2D eigenvalue weighted by molar-refractivity contribution is 6.06. The van der Waals surface area contributed by atoms with Gasteiger partial charge in [0.2, 0.25) is 0 Å². The molecule has 0 saturated carbocycles. The Morgan fingerprint density at radius 3 is 2.22 bits per heavy atom. The Balaban J connectivity index is 1.75. The standard InChI is InChI=1S/C19H17F3N2O3/c20-15-9-13(10-16(21)17(15)22)23-18(26)11-2-1-3-12(8-11)19(27)24-6-4-14(25)5-7-24/h1-3,8-10,14,25H,4-7H2,(H,23,26). The largest absolute Gasteiger partial charge is 0.393 e. The molecule has 0 unspecified atom stereocenters. The van der Waals surface area contributed by atoms with Crippen LogP contribution < -0.4 is 5.32 Å². The van der Waals surface area contributed by atoms with Crippen molar-refractivity contribution in [2.45, 2.75) is 18.9 Å². The predicted octanol–water partition coefficient (Wildman–Crippen LogP) is 2.95. The van der Waals surface area contributed by atoms with E-state index < -0.39 is 29.5 Å². The Morgan fingerprint density at radius 1 is 1.00 bits per heavy atom. The van der Waals surface area contributed by atoms with Gasteiger partial charge in [-0.05, 0) is 31.0 Å². The number of carbonyl (C=O) groups is 2. The number of halogens is 3. The smallest absolute Gasteiger partial charge is 0.255 e. The van der Waals surface area contributed by atoms with Gasteiger partial charge in [0.25, 0.3) is 11.8 Å². The number of nitrogens with one attached hydrogen (secondary N) is 1. The minimum atomic E-state index is -1.62. The van der Waals surface area contributed by atoms with Crippen molar-refractivity contribution in [2.24, 2.45) is 0 Å². The van der Waals surface area contributed by atoms with Crippen molar-refractivity contribution >= 4 is 17.5 Å². The van der Waals surface area contributed by atoms with Gasteiger partial charge in [-0.2, -0.15) is 0 Å². The molecular weight excluding hydrogens is 361 g/mol. The molecule has 2 aromatic rings. The Bertz CT molecular complexity index is 857. The molecule has 1 aliphatic heterocycles. The van der Waals surface area contributed by atoms with Gasteiger partial charge in [0.15, 0.2) is 17.5 Å². The van der Waals surface area contributed by atoms with E-state index in [0.717, 1.165) is 0 Å². The van der Waals surface area contributed by atoms with Crippen LogP contribution in [0.3, 0.4) is 0 Å². The Kier molecular flexibility index (Phi) is 5.46. The number of hydrogen-bond donors (Lipinski definition) is 2. The third kappa shape index (κ3) is 4.28. The lowest BCUT2D eigenvalue weighted by Gasteiger charge is -2.29. The number of benzene rings is 2. The van der Waals surface area contributed by atoms with Crippen molar-refractivity contribution in [3.05, 3.63) is 65.0 Å². The van der Waals surface area contributed by atoms with Crippen LogP contribution in [0.2, 0.25) is 0 Å². The highest BCUT2D eigenvalue weighted by Crippen LogP contribution is 2.19. The molecule has 0 aliphatic carbocycles. The zero-order valence-corrected chi connectivity index (χ0v) is 14.2. The molecule has 2 amide bonds. The molecule has 0 aromatic heterocycles. The van der Waals surface area contributed by atoms with Gasteiger partial charge in [-0.1, -0.05) is 6.07 Å². The van der Waals surface area contributed by atoms with Gasteiger partial charge in [-0.3, -0.25) is 9.59 Å². The molecular formula is C19H17F3N2O3. The SMILES string of the molecule is O=C(Nc1cc(F)c(F)c(F)c1)c1cccc(C(=O)N2CCC(O)CC2)c1. The zero-order valence-electron chi connectivity index (χ0n) is 14.2. The van der Waals surface area contributed by atoms with E-state index in [2.05, 4.69) is 5.32 Å². The number of aliphatic hydroxyl groups excluding tert-OH is 1. The van der Waals surface area contributed by atoms with Crippen molar-refractivity contribution in [2.75, 3.05) is 18.4 Å². The fraction of sp³-hybridized carbons (Fsp3) is 0.263. The average molecular weight is 378 g/mol. The van der Waals surface area contributed by atoms with Gasteiger partial charge in [-0.25, -0.2) is 13.2 Å². The van der Waals surface area contributed by atoms with Crippen molar-refractivity contribution in [3.63, 3.8) is 0 Å². The van der Waals surface area contributed by atoms with Gasteiger partial charge < -0.3 is 15.3 Å². The fourth-order valence-electron chi connectivity index (χ4n) is 2.88. The summed E-state index contributed by atoms with van der Waals surface area (Å²) in [5.41, 5.74) is 0.164. The molecule has 1 saturated heterocycles. The summed E-state index contributed by atoms with van der Waals surface area (Å²) in [6.07, 6.45) is 0.573. The molecule has 3 rings (SSSR count). The minimum Gasteiger partial charge on any atom is -0.393 e. The van der Waals surface area contributed by atoms with E-state index >= 15 is 0 Å². The Morgan fingerprint density at radius 2 is 1.59 bits per heavy atom. The van der Waals surface area contributed by atoms with Crippen LogP contribution in [0.4, 0.5) is 18.9 Å². The van der Waals surface area contributed by atoms with Gasteiger partial charge in [0.1, 0.15) is 0 Å². The summed E-state index contributed by atoms with van der Waals surface area (Å²) >= 11 is 0. The number of aliphatic hydroxyl groups is 1. The average Bonchev–Trinajstić information content (AvgIpc) is 2.66. The lowest BCUT2D eigenvalue weighted by molar-refractivity contribution is 0.0546. The van der Waals surface area contributed by atoms with Gasteiger partial charge >= 0.3 is 0 Å². The summed E-state index contributed by atoms with van der Waals surface area (Å²) in [7, 11) is 0. The van der Waals surface area contributed by atoms with Crippen LogP contribution >= 0.6 is 0 Å². The maximum absolute atomic E-state index is 13.3. The van der Waals surface area contributed by atoms with E-state index in [1.807, 2.05) is 0 Å². The van der Waals surface area contributed by atoms with Gasteiger partial charge in [0.05, 0.1) is 6.10 Å². The molecule has 1 fully saturated rings. The second-order valence-electron chi connectivity index (χ2n) is 6.31. The van der Waals surface area contributed by atoms with Crippen LogP contribution in [0.25, 0.3) is 0 Å². The molecule has 5 nitrogen and oxygen atoms in total. The molecule has 0 bridgehead atoms. The van der Waals surface area contributed by atoms with Gasteiger partial charge in [0, 0.05) is 42.0 Å². The van der Waals surface area contributed by atoms with E-state index in [9.17, 15) is 27.9 Å². The first-order chi connectivity index (χ1) is 12.8. The van der Waals surface area contributed by atoms with Crippen molar-refractivity contribution in [3.8, 4) is 0 Å². The number of likely N-dealkylation sites (tertiary alicyclic amines) is 1. The van der Waals surface area contributed by atoms with Crippen molar-refractivity contribution in [1.29, 1.82) is 0 Å². The predicted molar refractivity (Wildman–Crippen MR) is 91.9 cm³/mol. The number of carbonyl (C=O) groups excluding carboxylic acids is 2. The van der Waals surface area contributed by atoms with E-state index in [0.29, 0.717) is 38.1 Å². The first kappa shape index (κ1) is 18.9. The number of piperidine rings is 1. The van der Waals surface area contributed by atoms with Crippen LogP contribution in [0, 0.1) is 17.5 Å². The second kappa shape index (κ2) is 7.79. The summed E-state index contributed by atoms with van der Waals surface area (Å²) in [6.45, 7) is 0.842. The lowest BCUT2D eigenvalue weighted by atomic mass is 10.0. The highest BCUT2D eigenvalue weighted by Gasteiger charge is 2.23. The molecule has 0 spiro atoms. The Hall–Kier alpha value is -2.87. The van der Waals surface area contributed by atoms with E-state index in [4.69, 9.17) is 0 Å². The highest BCUT2D eigenvalue weighted by atomic mass is 19.2. The van der Waals surface area contributed by atoms with Crippen LogP contribution in [0.1, 0.15) is 33.6 Å². The minimum absolute atomic E-state index is 0.114. The molecule has 1 aliphatic rings. The lowest BCUT2D eigenvalue weighted by Crippen LogP contribution is -2.40. The van der Waals surface area contributed by atoms with E-state index in [-0.39, 0.29) is 22.7 Å². The van der Waals surface area contributed by atoms with Crippen molar-refractivity contribution in [1.82, 2.24) is 4.90 Å². The summed E-state index contributed by atoms with van der Waals surface area (Å²) in [4.78, 5) is 26.4. The normalized spacial score (nSPS) is 14.9. The molecule has 2 aromatic carbocycles. The summed E-state index contributed by atoms with van der Waals surface area (Å²) in [6, 6.07) is 7.24. The van der Waals surface area contributed by atoms with E-state index in [1.165, 1.54) is 18.2 Å². The van der Waals surface area contributed by atoms with E-state index in [1.54, 1.807) is 11.0 Å². The monoisotopic (exact) mass is 378 g/mol. The van der Waals surface area contributed by atoms with Gasteiger partial charge in [-0.15, -0.1) is 0 Å². The molecule has 142 valence electrons. The van der Waals surface area contributed by atoms with Crippen LogP contribution in [-0.2, 0) is 0 Å². The summed E-state index contributed by atoms with van der Waals surface area (Å²) < 4.78 is 39.5. The molecule has 2 N–H and O–H groups in total. The first-order valence-electron chi connectivity index (χ1n) is 8.38. The third-order valence-corrected chi connectivity index (χ3v) is 4.37. The van der Waals surface area contributed by atoms with Crippen LogP contribution in [-0.4, -0.2) is 41.0 Å². The zero-order chi connectivity index (χ0) is 19.6. The maximum Gasteiger partial charge on any atom is 0.255 e. The fourth-order valence-corrected chi connectivity index (χ4v) is 2.88. The quantitative estimate of drug-likeness (QED) is 0.807. The topological polar surface area (TPSA) is 69.6 Å². The third-order valence-electron chi connectivity index (χ3n) is 4.37.